The molecule has 0 aliphatic carbocycles. The molecule has 15 heavy (non-hydrogen) atoms. The molecule has 1 unspecified atom stereocenters. The van der Waals surface area contributed by atoms with Crippen LogP contribution >= 0.6 is 0 Å². The van der Waals surface area contributed by atoms with Gasteiger partial charge < -0.3 is 10.4 Å². The largest absolute Gasteiger partial charge is 0.388 e. The molecule has 1 aromatic carbocycles. The lowest BCUT2D eigenvalue weighted by molar-refractivity contribution is 0.0476. The molecule has 0 spiro atoms. The Morgan fingerprint density at radius 3 is 2.53 bits per heavy atom. The molecular weight excluding hydrogens is 193 g/mol. The number of nitrogens with one attached hydrogen (secondary N) is 1. The lowest BCUT2D eigenvalue weighted by Crippen LogP contribution is -2.33. The maximum atomic E-state index is 13.4. The van der Waals surface area contributed by atoms with Crippen molar-refractivity contribution in [2.45, 2.75) is 20.0 Å². The van der Waals surface area contributed by atoms with E-state index in [1.54, 1.807) is 18.2 Å². The summed E-state index contributed by atoms with van der Waals surface area (Å²) in [5.41, 5.74) is -0.0329. The molecule has 3 heteroatoms. The second-order valence-corrected chi connectivity index (χ2v) is 4.44. The fraction of sp³-hybridized carbons (Fsp3) is 0.500. The van der Waals surface area contributed by atoms with Crippen molar-refractivity contribution in [2.75, 3.05) is 13.6 Å². The number of benzene rings is 1. The predicted octanol–water partition coefficient (Wildman–Crippen LogP) is 2.10. The van der Waals surface area contributed by atoms with Gasteiger partial charge in [0.15, 0.2) is 0 Å². The summed E-state index contributed by atoms with van der Waals surface area (Å²) >= 11 is 0. The Morgan fingerprint density at radius 2 is 2.00 bits per heavy atom. The van der Waals surface area contributed by atoms with Gasteiger partial charge in [0.2, 0.25) is 0 Å². The zero-order chi connectivity index (χ0) is 11.5. The third-order valence-electron chi connectivity index (χ3n) is 2.57. The van der Waals surface area contributed by atoms with E-state index in [4.69, 9.17) is 0 Å². The normalized spacial score (nSPS) is 13.9. The molecule has 0 aromatic heterocycles. The standard InChI is InChI=1S/C12H18FNO/c1-12(2,8-14-3)11(15)9-6-4-5-7-10(9)13/h4-7,11,14-15H,8H2,1-3H3. The van der Waals surface area contributed by atoms with Gasteiger partial charge in [0.25, 0.3) is 0 Å². The van der Waals surface area contributed by atoms with Gasteiger partial charge in [0.1, 0.15) is 5.82 Å². The van der Waals surface area contributed by atoms with E-state index in [2.05, 4.69) is 5.32 Å². The van der Waals surface area contributed by atoms with Crippen molar-refractivity contribution in [3.8, 4) is 0 Å². The monoisotopic (exact) mass is 211 g/mol. The smallest absolute Gasteiger partial charge is 0.129 e. The fourth-order valence-corrected chi connectivity index (χ4v) is 1.67. The molecule has 1 aromatic rings. The summed E-state index contributed by atoms with van der Waals surface area (Å²) in [5, 5.41) is 13.1. The quantitative estimate of drug-likeness (QED) is 0.799. The van der Waals surface area contributed by atoms with E-state index in [-0.39, 0.29) is 5.82 Å². The van der Waals surface area contributed by atoms with Crippen molar-refractivity contribution in [1.82, 2.24) is 5.32 Å². The maximum Gasteiger partial charge on any atom is 0.129 e. The Labute approximate surface area is 90.1 Å². The Bertz CT molecular complexity index is 325. The van der Waals surface area contributed by atoms with Crippen LogP contribution in [0.2, 0.25) is 0 Å². The van der Waals surface area contributed by atoms with Gasteiger partial charge in [-0.3, -0.25) is 0 Å². The molecule has 0 bridgehead atoms. The molecule has 84 valence electrons. The van der Waals surface area contributed by atoms with Crippen LogP contribution in [-0.2, 0) is 0 Å². The molecule has 0 fully saturated rings. The Balaban J connectivity index is 2.93. The van der Waals surface area contributed by atoms with E-state index < -0.39 is 11.5 Å². The van der Waals surface area contributed by atoms with Gasteiger partial charge in [-0.2, -0.15) is 0 Å². The van der Waals surface area contributed by atoms with Gasteiger partial charge in [-0.1, -0.05) is 32.0 Å². The SMILES string of the molecule is CNCC(C)(C)C(O)c1ccccc1F. The third-order valence-corrected chi connectivity index (χ3v) is 2.57. The molecule has 2 nitrogen and oxygen atoms in total. The van der Waals surface area contributed by atoms with E-state index in [0.717, 1.165) is 0 Å². The highest BCUT2D eigenvalue weighted by Crippen LogP contribution is 2.33. The van der Waals surface area contributed by atoms with Gasteiger partial charge in [-0.15, -0.1) is 0 Å². The molecule has 1 rings (SSSR count). The summed E-state index contributed by atoms with van der Waals surface area (Å²) in [7, 11) is 1.82. The highest BCUT2D eigenvalue weighted by molar-refractivity contribution is 5.21. The minimum Gasteiger partial charge on any atom is -0.388 e. The second kappa shape index (κ2) is 4.73. The van der Waals surface area contributed by atoms with Crippen molar-refractivity contribution in [2.24, 2.45) is 5.41 Å². The molecule has 0 aliphatic heterocycles. The van der Waals surface area contributed by atoms with Gasteiger partial charge in [0.05, 0.1) is 6.10 Å². The average Bonchev–Trinajstić information content (AvgIpc) is 2.17. The topological polar surface area (TPSA) is 32.3 Å². The van der Waals surface area contributed by atoms with E-state index in [9.17, 15) is 9.50 Å². The zero-order valence-electron chi connectivity index (χ0n) is 9.42. The first kappa shape index (κ1) is 12.1. The van der Waals surface area contributed by atoms with E-state index >= 15 is 0 Å². The molecule has 1 atom stereocenters. The number of hydrogen-bond acceptors (Lipinski definition) is 2. The van der Waals surface area contributed by atoms with Crippen LogP contribution in [0.1, 0.15) is 25.5 Å². The highest BCUT2D eigenvalue weighted by atomic mass is 19.1. The highest BCUT2D eigenvalue weighted by Gasteiger charge is 2.29. The molecule has 0 radical (unpaired) electrons. The van der Waals surface area contributed by atoms with Crippen molar-refractivity contribution in [1.29, 1.82) is 0 Å². The Hall–Kier alpha value is -0.930. The summed E-state index contributed by atoms with van der Waals surface area (Å²) in [6.07, 6.45) is -0.800. The number of hydrogen-bond donors (Lipinski definition) is 2. The third kappa shape index (κ3) is 2.76. The van der Waals surface area contributed by atoms with E-state index in [1.807, 2.05) is 20.9 Å². The van der Waals surface area contributed by atoms with Crippen LogP contribution in [-0.4, -0.2) is 18.7 Å². The summed E-state index contributed by atoms with van der Waals surface area (Å²) in [4.78, 5) is 0. The number of aliphatic hydroxyl groups is 1. The predicted molar refractivity (Wildman–Crippen MR) is 59.1 cm³/mol. The van der Waals surface area contributed by atoms with Gasteiger partial charge in [0, 0.05) is 17.5 Å². The first-order chi connectivity index (χ1) is 6.99. The van der Waals surface area contributed by atoms with Crippen molar-refractivity contribution in [3.05, 3.63) is 35.6 Å². The van der Waals surface area contributed by atoms with Crippen LogP contribution in [0.5, 0.6) is 0 Å². The average molecular weight is 211 g/mol. The molecule has 0 saturated carbocycles. The van der Waals surface area contributed by atoms with Gasteiger partial charge >= 0.3 is 0 Å². The van der Waals surface area contributed by atoms with Crippen LogP contribution in [0.4, 0.5) is 4.39 Å². The first-order valence-electron chi connectivity index (χ1n) is 5.06. The summed E-state index contributed by atoms with van der Waals surface area (Å²) in [6.45, 7) is 4.43. The molecule has 0 amide bonds. The van der Waals surface area contributed by atoms with Crippen LogP contribution in [0.25, 0.3) is 0 Å². The van der Waals surface area contributed by atoms with E-state index in [0.29, 0.717) is 12.1 Å². The summed E-state index contributed by atoms with van der Waals surface area (Å²) in [6, 6.07) is 6.35. The Kier molecular flexibility index (Phi) is 3.83. The molecule has 2 N–H and O–H groups in total. The van der Waals surface area contributed by atoms with Crippen LogP contribution in [0.3, 0.4) is 0 Å². The van der Waals surface area contributed by atoms with Crippen LogP contribution in [0, 0.1) is 11.2 Å². The van der Waals surface area contributed by atoms with Gasteiger partial charge in [-0.25, -0.2) is 4.39 Å². The van der Waals surface area contributed by atoms with Crippen molar-refractivity contribution >= 4 is 0 Å². The number of aliphatic hydroxyl groups excluding tert-OH is 1. The molecule has 0 saturated heterocycles. The first-order valence-corrected chi connectivity index (χ1v) is 5.06. The minimum absolute atomic E-state index is 0.353. The lowest BCUT2D eigenvalue weighted by Gasteiger charge is -2.30. The maximum absolute atomic E-state index is 13.4. The second-order valence-electron chi connectivity index (χ2n) is 4.44. The Morgan fingerprint density at radius 1 is 1.40 bits per heavy atom. The van der Waals surface area contributed by atoms with Crippen LogP contribution in [0.15, 0.2) is 24.3 Å². The van der Waals surface area contributed by atoms with E-state index in [1.165, 1.54) is 6.07 Å². The zero-order valence-corrected chi connectivity index (χ0v) is 9.42. The molecular formula is C12H18FNO. The van der Waals surface area contributed by atoms with Crippen LogP contribution < -0.4 is 5.32 Å². The van der Waals surface area contributed by atoms with Crippen molar-refractivity contribution in [3.63, 3.8) is 0 Å². The molecule has 0 aliphatic rings. The minimum atomic E-state index is -0.800. The lowest BCUT2D eigenvalue weighted by atomic mass is 9.82. The summed E-state index contributed by atoms with van der Waals surface area (Å²) < 4.78 is 13.4. The number of rotatable bonds is 4. The fourth-order valence-electron chi connectivity index (χ4n) is 1.67. The summed E-state index contributed by atoms with van der Waals surface area (Å²) in [5.74, 6) is -0.353. The van der Waals surface area contributed by atoms with Gasteiger partial charge in [-0.05, 0) is 13.1 Å². The van der Waals surface area contributed by atoms with Crippen molar-refractivity contribution < 1.29 is 9.50 Å². The molecule has 0 heterocycles. The number of halogens is 1.